The van der Waals surface area contributed by atoms with Crippen LogP contribution < -0.4 is 11.1 Å². The van der Waals surface area contributed by atoms with Crippen LogP contribution in [0.5, 0.6) is 0 Å². The maximum Gasteiger partial charge on any atom is 0.271 e. The minimum absolute atomic E-state index is 0.00393. The molecule has 2 N–H and O–H groups in total. The minimum Gasteiger partial charge on any atom is -0.304 e. The van der Waals surface area contributed by atoms with E-state index in [4.69, 9.17) is 0 Å². The van der Waals surface area contributed by atoms with E-state index in [1.54, 1.807) is 12.1 Å². The first kappa shape index (κ1) is 25.6. The number of nitrogens with zero attached hydrogens (tertiary/aromatic N) is 4. The summed E-state index contributed by atoms with van der Waals surface area (Å²) in [6.45, 7) is 5.43. The SMILES string of the molecule is CN1CCC(n2cc(-c3ccccc3)c(=O)[nH]2)C1.O=c1[nH]n(C2CN3CCC2CC3)cc1-c1cccc(F)c1. The van der Waals surface area contributed by atoms with E-state index < -0.39 is 0 Å². The molecule has 2 unspecified atom stereocenters. The summed E-state index contributed by atoms with van der Waals surface area (Å²) in [4.78, 5) is 28.9. The van der Waals surface area contributed by atoms with E-state index >= 15 is 0 Å². The summed E-state index contributed by atoms with van der Waals surface area (Å²) in [5.41, 5.74) is 2.77. The molecule has 0 spiro atoms. The van der Waals surface area contributed by atoms with Gasteiger partial charge in [0.05, 0.1) is 23.2 Å². The van der Waals surface area contributed by atoms with Crippen LogP contribution in [0.15, 0.2) is 76.6 Å². The number of likely N-dealkylation sites (tertiary alicyclic amines) is 1. The fourth-order valence-electron chi connectivity index (χ4n) is 6.26. The molecule has 4 aliphatic rings. The Labute approximate surface area is 226 Å². The predicted molar refractivity (Wildman–Crippen MR) is 150 cm³/mol. The highest BCUT2D eigenvalue weighted by atomic mass is 19.1. The summed E-state index contributed by atoms with van der Waals surface area (Å²) in [6, 6.07) is 16.7. The Morgan fingerprint density at radius 1 is 0.769 bits per heavy atom. The lowest BCUT2D eigenvalue weighted by Gasteiger charge is -2.44. The fraction of sp³-hybridized carbons (Fsp3) is 0.400. The Kier molecular flexibility index (Phi) is 7.10. The molecule has 0 aliphatic carbocycles. The molecule has 4 fully saturated rings. The van der Waals surface area contributed by atoms with Crippen LogP contribution >= 0.6 is 0 Å². The van der Waals surface area contributed by atoms with Crippen molar-refractivity contribution in [2.24, 2.45) is 5.92 Å². The average molecular weight is 531 g/mol. The molecule has 6 heterocycles. The van der Waals surface area contributed by atoms with Crippen molar-refractivity contribution in [1.82, 2.24) is 29.4 Å². The van der Waals surface area contributed by atoms with Crippen LogP contribution in [0.1, 0.15) is 31.3 Å². The van der Waals surface area contributed by atoms with Gasteiger partial charge >= 0.3 is 0 Å². The van der Waals surface area contributed by atoms with Gasteiger partial charge in [0, 0.05) is 25.5 Å². The lowest BCUT2D eigenvalue weighted by atomic mass is 9.84. The first-order valence-electron chi connectivity index (χ1n) is 13.8. The number of hydrogen-bond donors (Lipinski definition) is 2. The van der Waals surface area contributed by atoms with Crippen LogP contribution in [0, 0.1) is 11.7 Å². The maximum atomic E-state index is 13.3. The quantitative estimate of drug-likeness (QED) is 0.419. The second-order valence-corrected chi connectivity index (χ2v) is 11.1. The van der Waals surface area contributed by atoms with Crippen LogP contribution in [0.25, 0.3) is 22.3 Å². The van der Waals surface area contributed by atoms with E-state index in [1.807, 2.05) is 52.1 Å². The number of nitrogens with one attached hydrogen (secondary N) is 2. The normalized spacial score (nSPS) is 24.5. The Balaban J connectivity index is 0.000000144. The third-order valence-corrected chi connectivity index (χ3v) is 8.45. The second-order valence-electron chi connectivity index (χ2n) is 11.1. The molecule has 0 amide bonds. The number of aromatic nitrogens is 4. The number of halogens is 1. The third-order valence-electron chi connectivity index (χ3n) is 8.45. The molecule has 2 aromatic carbocycles. The first-order chi connectivity index (χ1) is 18.9. The topological polar surface area (TPSA) is 82.1 Å². The summed E-state index contributed by atoms with van der Waals surface area (Å²) in [7, 11) is 2.11. The van der Waals surface area contributed by atoms with E-state index in [9.17, 15) is 14.0 Å². The largest absolute Gasteiger partial charge is 0.304 e. The van der Waals surface area contributed by atoms with Crippen molar-refractivity contribution >= 4 is 0 Å². The van der Waals surface area contributed by atoms with Crippen LogP contribution in [0.2, 0.25) is 0 Å². The first-order valence-corrected chi connectivity index (χ1v) is 13.8. The molecule has 2 atom stereocenters. The van der Waals surface area contributed by atoms with E-state index in [0.717, 1.165) is 37.2 Å². The molecule has 2 aromatic heterocycles. The zero-order valence-corrected chi connectivity index (χ0v) is 22.2. The summed E-state index contributed by atoms with van der Waals surface area (Å²) >= 11 is 0. The average Bonchev–Trinajstić information content (AvgIpc) is 3.68. The molecular formula is C30H35FN6O2. The van der Waals surface area contributed by atoms with Crippen LogP contribution in [-0.2, 0) is 0 Å². The zero-order valence-electron chi connectivity index (χ0n) is 22.2. The van der Waals surface area contributed by atoms with Crippen molar-refractivity contribution in [2.45, 2.75) is 31.3 Å². The van der Waals surface area contributed by atoms with Gasteiger partial charge in [-0.05, 0) is 75.1 Å². The van der Waals surface area contributed by atoms with Crippen molar-refractivity contribution in [3.63, 3.8) is 0 Å². The van der Waals surface area contributed by atoms with Gasteiger partial charge in [-0.3, -0.25) is 29.2 Å². The Bertz CT molecular complexity index is 1530. The molecule has 4 aliphatic heterocycles. The van der Waals surface area contributed by atoms with Crippen molar-refractivity contribution in [3.8, 4) is 22.3 Å². The van der Waals surface area contributed by atoms with Gasteiger partial charge in [-0.15, -0.1) is 0 Å². The molecule has 8 nitrogen and oxygen atoms in total. The molecule has 8 rings (SSSR count). The van der Waals surface area contributed by atoms with E-state index in [2.05, 4.69) is 27.0 Å². The minimum atomic E-state index is -0.317. The van der Waals surface area contributed by atoms with Crippen LogP contribution in [0.4, 0.5) is 4.39 Å². The highest BCUT2D eigenvalue weighted by Crippen LogP contribution is 2.35. The summed E-state index contributed by atoms with van der Waals surface area (Å²) in [5, 5.41) is 5.87. The number of likely N-dealkylation sites (N-methyl/N-ethyl adjacent to an activating group) is 1. The van der Waals surface area contributed by atoms with Gasteiger partial charge in [0.1, 0.15) is 5.82 Å². The number of hydrogen-bond acceptors (Lipinski definition) is 4. The van der Waals surface area contributed by atoms with E-state index in [-0.39, 0.29) is 16.9 Å². The molecule has 4 saturated heterocycles. The van der Waals surface area contributed by atoms with Gasteiger partial charge in [0.15, 0.2) is 0 Å². The monoisotopic (exact) mass is 530 g/mol. The molecule has 2 bridgehead atoms. The van der Waals surface area contributed by atoms with Crippen LogP contribution in [0.3, 0.4) is 0 Å². The van der Waals surface area contributed by atoms with E-state index in [1.165, 1.54) is 38.1 Å². The smallest absolute Gasteiger partial charge is 0.271 e. The van der Waals surface area contributed by atoms with Gasteiger partial charge in [0.25, 0.3) is 11.1 Å². The zero-order chi connectivity index (χ0) is 26.9. The van der Waals surface area contributed by atoms with Gasteiger partial charge in [0.2, 0.25) is 0 Å². The number of H-pyrrole nitrogens is 2. The van der Waals surface area contributed by atoms with Crippen molar-refractivity contribution in [2.75, 3.05) is 39.8 Å². The molecule has 0 saturated carbocycles. The van der Waals surface area contributed by atoms with Crippen LogP contribution in [-0.4, -0.2) is 69.1 Å². The Morgan fingerprint density at radius 2 is 1.44 bits per heavy atom. The Hall–Kier alpha value is -3.69. The molecule has 0 radical (unpaired) electrons. The molecule has 4 aromatic rings. The second kappa shape index (κ2) is 10.8. The standard InChI is InChI=1S/C16H18FN3O.C14H17N3O/c17-13-3-1-2-12(8-13)14-9-20(18-16(14)21)15-10-19-6-4-11(15)5-7-19;1-16-8-7-12(9-16)17-10-13(14(18)15-17)11-5-3-2-4-6-11/h1-3,8-9,11,15H,4-7,10H2,(H,18,21);2-6,10,12H,7-9H2,1H3,(H,15,18). The molecule has 204 valence electrons. The van der Waals surface area contributed by atoms with Crippen molar-refractivity contribution < 1.29 is 4.39 Å². The Morgan fingerprint density at radius 3 is 2.08 bits per heavy atom. The third kappa shape index (κ3) is 5.42. The van der Waals surface area contributed by atoms with Crippen molar-refractivity contribution in [1.29, 1.82) is 0 Å². The van der Waals surface area contributed by atoms with Gasteiger partial charge in [-0.2, -0.15) is 0 Å². The number of benzene rings is 2. The van der Waals surface area contributed by atoms with Crippen molar-refractivity contribution in [3.05, 3.63) is 93.5 Å². The number of fused-ring (bicyclic) bond motifs is 3. The lowest BCUT2D eigenvalue weighted by Crippen LogP contribution is -2.48. The summed E-state index contributed by atoms with van der Waals surface area (Å²) in [6.07, 6.45) is 7.28. The van der Waals surface area contributed by atoms with Gasteiger partial charge in [-0.1, -0.05) is 42.5 Å². The number of piperidine rings is 3. The molecule has 39 heavy (non-hydrogen) atoms. The molecular weight excluding hydrogens is 495 g/mol. The summed E-state index contributed by atoms with van der Waals surface area (Å²) < 4.78 is 17.3. The fourth-order valence-corrected chi connectivity index (χ4v) is 6.26. The summed E-state index contributed by atoms with van der Waals surface area (Å²) in [5.74, 6) is 0.320. The highest BCUT2D eigenvalue weighted by Gasteiger charge is 2.35. The van der Waals surface area contributed by atoms with Gasteiger partial charge < -0.3 is 9.80 Å². The lowest BCUT2D eigenvalue weighted by molar-refractivity contribution is 0.0511. The number of rotatable bonds is 4. The van der Waals surface area contributed by atoms with Gasteiger partial charge in [-0.25, -0.2) is 4.39 Å². The molecule has 9 heteroatoms. The number of aromatic amines is 2. The van der Waals surface area contributed by atoms with E-state index in [0.29, 0.717) is 29.1 Å². The predicted octanol–water partition coefficient (Wildman–Crippen LogP) is 3.97. The maximum absolute atomic E-state index is 13.3. The highest BCUT2D eigenvalue weighted by molar-refractivity contribution is 5.62.